The summed E-state index contributed by atoms with van der Waals surface area (Å²) in [6, 6.07) is 7.62. The summed E-state index contributed by atoms with van der Waals surface area (Å²) in [5, 5.41) is 6.30. The van der Waals surface area contributed by atoms with E-state index in [2.05, 4.69) is 10.5 Å². The molecule has 0 spiro atoms. The number of oxime groups is 1. The van der Waals surface area contributed by atoms with E-state index in [0.717, 1.165) is 11.3 Å². The fourth-order valence-electron chi connectivity index (χ4n) is 1.34. The highest BCUT2D eigenvalue weighted by Crippen LogP contribution is 2.12. The van der Waals surface area contributed by atoms with Crippen molar-refractivity contribution in [3.8, 4) is 5.75 Å². The van der Waals surface area contributed by atoms with Crippen molar-refractivity contribution in [1.82, 2.24) is 5.32 Å². The van der Waals surface area contributed by atoms with Gasteiger partial charge in [-0.15, -0.1) is 0 Å². The van der Waals surface area contributed by atoms with Crippen LogP contribution >= 0.6 is 0 Å². The Labute approximate surface area is 119 Å². The quantitative estimate of drug-likeness (QED) is 0.510. The van der Waals surface area contributed by atoms with Gasteiger partial charge in [0.1, 0.15) is 5.75 Å². The van der Waals surface area contributed by atoms with Crippen LogP contribution in [-0.2, 0) is 4.84 Å². The lowest BCUT2D eigenvalue weighted by atomic mass is 10.2. The van der Waals surface area contributed by atoms with Crippen molar-refractivity contribution < 1.29 is 14.4 Å². The molecule has 108 valence electrons. The maximum absolute atomic E-state index is 11.2. The van der Waals surface area contributed by atoms with Gasteiger partial charge in [-0.2, -0.15) is 0 Å². The molecule has 0 aromatic heterocycles. The number of ether oxygens (including phenoxy) is 1. The topological polar surface area (TPSA) is 59.9 Å². The second-order valence-electron chi connectivity index (χ2n) is 4.52. The molecular weight excluding hydrogens is 256 g/mol. The van der Waals surface area contributed by atoms with Crippen LogP contribution in [-0.4, -0.2) is 25.0 Å². The normalized spacial score (nSPS) is 11.8. The third-order valence-corrected chi connectivity index (χ3v) is 2.31. The molecule has 5 heteroatoms. The number of carbonyl (C=O) groups is 1. The van der Waals surface area contributed by atoms with Crippen LogP contribution in [0.25, 0.3) is 6.08 Å². The van der Waals surface area contributed by atoms with E-state index in [1.165, 1.54) is 0 Å². The lowest BCUT2D eigenvalue weighted by Gasteiger charge is -2.04. The van der Waals surface area contributed by atoms with Crippen molar-refractivity contribution in [2.24, 2.45) is 5.16 Å². The maximum Gasteiger partial charge on any atom is 0.433 e. The summed E-state index contributed by atoms with van der Waals surface area (Å²) >= 11 is 0. The van der Waals surface area contributed by atoms with Crippen molar-refractivity contribution in [2.45, 2.75) is 26.8 Å². The van der Waals surface area contributed by atoms with Crippen LogP contribution in [0, 0.1) is 0 Å². The minimum atomic E-state index is -0.558. The van der Waals surface area contributed by atoms with Crippen molar-refractivity contribution in [2.75, 3.05) is 7.11 Å². The Balaban J connectivity index is 2.53. The standard InChI is InChI=1S/C15H20N2O3/c1-11(2)16-15(18)20-17-12(3)5-6-13-7-9-14(19-4)10-8-13/h5-11H,1-4H3,(H,16,18). The smallest absolute Gasteiger partial charge is 0.433 e. The first kappa shape index (κ1) is 15.8. The number of nitrogens with one attached hydrogen (secondary N) is 1. The zero-order valence-corrected chi connectivity index (χ0v) is 12.2. The Bertz CT molecular complexity index is 490. The van der Waals surface area contributed by atoms with Gasteiger partial charge in [0, 0.05) is 6.04 Å². The molecule has 0 aliphatic heterocycles. The first-order valence-electron chi connectivity index (χ1n) is 6.35. The summed E-state index contributed by atoms with van der Waals surface area (Å²) in [6.07, 6.45) is 3.09. The molecule has 0 fully saturated rings. The molecule has 0 atom stereocenters. The van der Waals surface area contributed by atoms with Crippen molar-refractivity contribution >= 4 is 17.9 Å². The summed E-state index contributed by atoms with van der Waals surface area (Å²) in [6.45, 7) is 5.45. The molecule has 0 heterocycles. The second kappa shape index (κ2) is 7.99. The number of nitrogens with zero attached hydrogens (tertiary/aromatic N) is 1. The van der Waals surface area contributed by atoms with E-state index in [-0.39, 0.29) is 6.04 Å². The monoisotopic (exact) mass is 276 g/mol. The van der Waals surface area contributed by atoms with Gasteiger partial charge in [0.25, 0.3) is 0 Å². The summed E-state index contributed by atoms with van der Waals surface area (Å²) < 4.78 is 5.08. The highest BCUT2D eigenvalue weighted by Gasteiger charge is 2.02. The molecule has 5 nitrogen and oxygen atoms in total. The van der Waals surface area contributed by atoms with E-state index in [4.69, 9.17) is 9.57 Å². The van der Waals surface area contributed by atoms with Crippen LogP contribution in [0.1, 0.15) is 26.3 Å². The molecule has 0 saturated heterocycles. The van der Waals surface area contributed by atoms with Gasteiger partial charge in [0.15, 0.2) is 0 Å². The highest BCUT2D eigenvalue weighted by molar-refractivity contribution is 5.96. The van der Waals surface area contributed by atoms with Crippen LogP contribution in [0.2, 0.25) is 0 Å². The van der Waals surface area contributed by atoms with Crippen LogP contribution < -0.4 is 10.1 Å². The third kappa shape index (κ3) is 6.04. The van der Waals surface area contributed by atoms with Gasteiger partial charge < -0.3 is 10.1 Å². The number of amides is 1. The molecule has 1 N–H and O–H groups in total. The summed E-state index contributed by atoms with van der Waals surface area (Å²) in [5.74, 6) is 0.807. The first-order valence-corrected chi connectivity index (χ1v) is 6.35. The highest BCUT2D eigenvalue weighted by atomic mass is 16.7. The van der Waals surface area contributed by atoms with Gasteiger partial charge in [0.05, 0.1) is 12.8 Å². The molecule has 1 rings (SSSR count). The second-order valence-corrected chi connectivity index (χ2v) is 4.52. The van der Waals surface area contributed by atoms with Crippen molar-refractivity contribution in [3.05, 3.63) is 35.9 Å². The van der Waals surface area contributed by atoms with Gasteiger partial charge in [-0.1, -0.05) is 23.4 Å². The Morgan fingerprint density at radius 3 is 2.50 bits per heavy atom. The number of benzene rings is 1. The minimum absolute atomic E-state index is 0.0212. The van der Waals surface area contributed by atoms with Gasteiger partial charge in [-0.3, -0.25) is 4.84 Å². The molecule has 1 amide bonds. The number of methoxy groups -OCH3 is 1. The van der Waals surface area contributed by atoms with E-state index < -0.39 is 6.09 Å². The maximum atomic E-state index is 11.2. The third-order valence-electron chi connectivity index (χ3n) is 2.31. The first-order chi connectivity index (χ1) is 9.51. The molecule has 0 radical (unpaired) electrons. The van der Waals surface area contributed by atoms with E-state index in [1.807, 2.05) is 44.2 Å². The van der Waals surface area contributed by atoms with Crippen molar-refractivity contribution in [3.63, 3.8) is 0 Å². The molecular formula is C15H20N2O3. The predicted octanol–water partition coefficient (Wildman–Crippen LogP) is 3.22. The van der Waals surface area contributed by atoms with Crippen LogP contribution in [0.5, 0.6) is 5.75 Å². The SMILES string of the molecule is COc1ccc(C=CC(C)=NOC(=O)NC(C)C)cc1. The number of carbonyl (C=O) groups excluding carboxylic acids is 1. The van der Waals surface area contributed by atoms with Crippen LogP contribution in [0.3, 0.4) is 0 Å². The Hall–Kier alpha value is -2.30. The molecule has 0 bridgehead atoms. The lowest BCUT2D eigenvalue weighted by Crippen LogP contribution is -2.29. The summed E-state index contributed by atoms with van der Waals surface area (Å²) in [4.78, 5) is 15.9. The molecule has 1 aromatic carbocycles. The minimum Gasteiger partial charge on any atom is -0.497 e. The van der Waals surface area contributed by atoms with Crippen LogP contribution in [0.15, 0.2) is 35.5 Å². The van der Waals surface area contributed by atoms with E-state index in [1.54, 1.807) is 20.1 Å². The van der Waals surface area contributed by atoms with E-state index in [9.17, 15) is 4.79 Å². The average Bonchev–Trinajstić information content (AvgIpc) is 2.42. The summed E-state index contributed by atoms with van der Waals surface area (Å²) in [7, 11) is 1.63. The molecule has 0 aliphatic rings. The van der Waals surface area contributed by atoms with Gasteiger partial charge in [0.2, 0.25) is 0 Å². The van der Waals surface area contributed by atoms with E-state index >= 15 is 0 Å². The molecule has 1 aromatic rings. The fourth-order valence-corrected chi connectivity index (χ4v) is 1.34. The summed E-state index contributed by atoms with van der Waals surface area (Å²) in [5.41, 5.74) is 1.60. The molecule has 0 unspecified atom stereocenters. The Kier molecular flexibility index (Phi) is 6.29. The predicted molar refractivity (Wildman–Crippen MR) is 79.9 cm³/mol. The van der Waals surface area contributed by atoms with Gasteiger partial charge in [-0.05, 0) is 44.5 Å². The van der Waals surface area contributed by atoms with Gasteiger partial charge in [-0.25, -0.2) is 4.79 Å². The average molecular weight is 276 g/mol. The molecule has 20 heavy (non-hydrogen) atoms. The molecule has 0 aliphatic carbocycles. The molecule has 0 saturated carbocycles. The Morgan fingerprint density at radius 1 is 1.30 bits per heavy atom. The zero-order valence-electron chi connectivity index (χ0n) is 12.2. The zero-order chi connectivity index (χ0) is 15.0. The number of hydrogen-bond donors (Lipinski definition) is 1. The van der Waals surface area contributed by atoms with E-state index in [0.29, 0.717) is 5.71 Å². The number of allylic oxidation sites excluding steroid dienone is 1. The lowest BCUT2D eigenvalue weighted by molar-refractivity contribution is 0.148. The Morgan fingerprint density at radius 2 is 1.95 bits per heavy atom. The van der Waals surface area contributed by atoms with Gasteiger partial charge >= 0.3 is 6.09 Å². The largest absolute Gasteiger partial charge is 0.497 e. The number of hydrogen-bond acceptors (Lipinski definition) is 4. The van der Waals surface area contributed by atoms with Crippen LogP contribution in [0.4, 0.5) is 4.79 Å². The van der Waals surface area contributed by atoms with Crippen molar-refractivity contribution in [1.29, 1.82) is 0 Å². The fraction of sp³-hybridized carbons (Fsp3) is 0.333. The number of rotatable bonds is 5.